The molecule has 1 aliphatic heterocycles. The Morgan fingerprint density at radius 2 is 1.91 bits per heavy atom. The molecule has 1 aliphatic rings. The van der Waals surface area contributed by atoms with Crippen LogP contribution in [0.1, 0.15) is 33.9 Å². The van der Waals surface area contributed by atoms with Crippen LogP contribution in [-0.4, -0.2) is 35.4 Å². The highest BCUT2D eigenvalue weighted by atomic mass is 35.5. The van der Waals surface area contributed by atoms with Crippen LogP contribution in [-0.2, 0) is 27.4 Å². The van der Waals surface area contributed by atoms with Crippen molar-refractivity contribution in [3.05, 3.63) is 99.6 Å². The van der Waals surface area contributed by atoms with Crippen LogP contribution < -0.4 is 4.74 Å². The third-order valence-corrected chi connectivity index (χ3v) is 5.70. The molecule has 0 fully saturated rings. The molecule has 4 rings (SSSR count). The van der Waals surface area contributed by atoms with E-state index < -0.39 is 24.8 Å². The van der Waals surface area contributed by atoms with Gasteiger partial charge in [0.2, 0.25) is 0 Å². The molecule has 1 heterocycles. The fourth-order valence-corrected chi connectivity index (χ4v) is 4.14. The van der Waals surface area contributed by atoms with Crippen LogP contribution in [0, 0.1) is 11.3 Å². The summed E-state index contributed by atoms with van der Waals surface area (Å²) in [4.78, 5) is 29.3. The lowest BCUT2D eigenvalue weighted by atomic mass is 9.89. The summed E-state index contributed by atoms with van der Waals surface area (Å²) in [5.74, 6) is -0.805. The van der Waals surface area contributed by atoms with E-state index in [2.05, 4.69) is 0 Å². The largest absolute Gasteiger partial charge is 0.528 e. The first-order chi connectivity index (χ1) is 16.9. The van der Waals surface area contributed by atoms with Gasteiger partial charge in [-0.3, -0.25) is 0 Å². The number of aliphatic carboxylic acids is 1. The molecule has 9 heteroatoms. The Kier molecular flexibility index (Phi) is 7.51. The van der Waals surface area contributed by atoms with Gasteiger partial charge in [-0.2, -0.15) is 5.26 Å². The van der Waals surface area contributed by atoms with Crippen molar-refractivity contribution in [3.63, 3.8) is 0 Å². The van der Waals surface area contributed by atoms with E-state index >= 15 is 0 Å². The number of ether oxygens (including phenoxy) is 2. The zero-order valence-corrected chi connectivity index (χ0v) is 19.3. The maximum Gasteiger partial charge on any atom is 0.528 e. The first-order valence-electron chi connectivity index (χ1n) is 10.8. The molecule has 1 atom stereocenters. The Morgan fingerprint density at radius 3 is 2.71 bits per heavy atom. The summed E-state index contributed by atoms with van der Waals surface area (Å²) >= 11 is 6.28. The number of hydrogen-bond donors (Lipinski definition) is 1. The molecule has 0 spiro atoms. The summed E-state index contributed by atoms with van der Waals surface area (Å²) in [6, 6.07) is 20.7. The van der Waals surface area contributed by atoms with E-state index in [1.54, 1.807) is 42.5 Å². The molecule has 178 valence electrons. The SMILES string of the molecule is N#Cc1cccc(COC(=O)ON2CCc3ccccc3C2c2cc(Cl)ccc2OCC(=O)O)c1. The van der Waals surface area contributed by atoms with E-state index in [-0.39, 0.29) is 6.61 Å². The molecule has 0 amide bonds. The van der Waals surface area contributed by atoms with Gasteiger partial charge in [0.15, 0.2) is 6.61 Å². The monoisotopic (exact) mass is 492 g/mol. The molecule has 0 saturated heterocycles. The van der Waals surface area contributed by atoms with Gasteiger partial charge >= 0.3 is 12.1 Å². The Hall–Kier alpha value is -4.06. The number of halogens is 1. The van der Waals surface area contributed by atoms with Gasteiger partial charge in [-0.15, -0.1) is 5.06 Å². The third kappa shape index (κ3) is 5.90. The van der Waals surface area contributed by atoms with Crippen molar-refractivity contribution < 1.29 is 29.0 Å². The zero-order chi connectivity index (χ0) is 24.8. The smallest absolute Gasteiger partial charge is 0.482 e. The minimum Gasteiger partial charge on any atom is -0.482 e. The van der Waals surface area contributed by atoms with Gasteiger partial charge in [0.05, 0.1) is 17.7 Å². The van der Waals surface area contributed by atoms with E-state index in [4.69, 9.17) is 36.3 Å². The average molecular weight is 493 g/mol. The maximum absolute atomic E-state index is 12.6. The van der Waals surface area contributed by atoms with Gasteiger partial charge in [0.1, 0.15) is 12.4 Å². The second-order valence-electron chi connectivity index (χ2n) is 7.80. The van der Waals surface area contributed by atoms with Crippen LogP contribution >= 0.6 is 11.6 Å². The molecule has 1 N–H and O–H groups in total. The molecule has 1 unspecified atom stereocenters. The fraction of sp³-hybridized carbons (Fsp3) is 0.192. The van der Waals surface area contributed by atoms with Gasteiger partial charge < -0.3 is 19.4 Å². The summed E-state index contributed by atoms with van der Waals surface area (Å²) in [5.41, 5.74) is 3.60. The lowest BCUT2D eigenvalue weighted by Crippen LogP contribution is -2.38. The minimum absolute atomic E-state index is 0.0619. The van der Waals surface area contributed by atoms with Crippen LogP contribution in [0.4, 0.5) is 4.79 Å². The Labute approximate surface area is 206 Å². The Balaban J connectivity index is 1.59. The Morgan fingerprint density at radius 1 is 1.09 bits per heavy atom. The molecule has 3 aromatic rings. The predicted molar refractivity (Wildman–Crippen MR) is 126 cm³/mol. The molecule has 0 aliphatic carbocycles. The highest BCUT2D eigenvalue weighted by Gasteiger charge is 2.34. The van der Waals surface area contributed by atoms with Gasteiger partial charge in [-0.1, -0.05) is 48.0 Å². The van der Waals surface area contributed by atoms with E-state index in [1.165, 1.54) is 5.06 Å². The van der Waals surface area contributed by atoms with Crippen molar-refractivity contribution in [2.45, 2.75) is 19.1 Å². The Bertz CT molecular complexity index is 1290. The second-order valence-corrected chi connectivity index (χ2v) is 8.24. The first kappa shape index (κ1) is 24.1. The number of nitriles is 1. The molecule has 0 bridgehead atoms. The number of benzene rings is 3. The molecule has 35 heavy (non-hydrogen) atoms. The van der Waals surface area contributed by atoms with Crippen molar-refractivity contribution in [2.24, 2.45) is 0 Å². The van der Waals surface area contributed by atoms with Crippen molar-refractivity contribution >= 4 is 23.7 Å². The van der Waals surface area contributed by atoms with Gasteiger partial charge in [-0.05, 0) is 53.4 Å². The molecular formula is C26H21ClN2O6. The molecular weight excluding hydrogens is 472 g/mol. The molecule has 8 nitrogen and oxygen atoms in total. The standard InChI is InChI=1S/C26H21ClN2O6/c27-20-8-9-23(33-16-24(30)31)22(13-20)25-21-7-2-1-6-19(21)10-11-29(25)35-26(32)34-15-18-5-3-4-17(12-18)14-28/h1-9,12-13,25H,10-11,15-16H2,(H,30,31). The first-order valence-corrected chi connectivity index (χ1v) is 11.1. The predicted octanol–water partition coefficient (Wildman–Crippen LogP) is 4.89. The van der Waals surface area contributed by atoms with E-state index in [9.17, 15) is 9.59 Å². The molecule has 0 aromatic heterocycles. The summed E-state index contributed by atoms with van der Waals surface area (Å²) in [6.45, 7) is -0.229. The lowest BCUT2D eigenvalue weighted by molar-refractivity contribution is -0.152. The molecule has 0 radical (unpaired) electrons. The van der Waals surface area contributed by atoms with Crippen LogP contribution in [0.2, 0.25) is 5.02 Å². The number of fused-ring (bicyclic) bond motifs is 1. The maximum atomic E-state index is 12.6. The van der Waals surface area contributed by atoms with E-state index in [0.29, 0.717) is 40.4 Å². The van der Waals surface area contributed by atoms with Crippen LogP contribution in [0.5, 0.6) is 5.75 Å². The zero-order valence-electron chi connectivity index (χ0n) is 18.5. The van der Waals surface area contributed by atoms with Crippen LogP contribution in [0.25, 0.3) is 0 Å². The van der Waals surface area contributed by atoms with Crippen molar-refractivity contribution in [1.82, 2.24) is 5.06 Å². The summed E-state index contributed by atoms with van der Waals surface area (Å²) in [6.07, 6.45) is -0.289. The number of carboxylic acid groups (broad SMARTS) is 1. The normalized spacial score (nSPS) is 14.9. The van der Waals surface area contributed by atoms with Gasteiger partial charge in [0.25, 0.3) is 0 Å². The number of nitrogens with zero attached hydrogens (tertiary/aromatic N) is 2. The number of carbonyl (C=O) groups is 2. The summed E-state index contributed by atoms with van der Waals surface area (Å²) in [7, 11) is 0. The molecule has 0 saturated carbocycles. The number of carboxylic acids is 1. The highest BCUT2D eigenvalue weighted by Crippen LogP contribution is 2.40. The van der Waals surface area contributed by atoms with Gasteiger partial charge in [-0.25, -0.2) is 9.59 Å². The lowest BCUT2D eigenvalue weighted by Gasteiger charge is -2.36. The van der Waals surface area contributed by atoms with Crippen LogP contribution in [0.15, 0.2) is 66.7 Å². The number of hydroxylamine groups is 2. The number of carbonyl (C=O) groups excluding carboxylic acids is 1. The fourth-order valence-electron chi connectivity index (χ4n) is 3.96. The second kappa shape index (κ2) is 10.9. The highest BCUT2D eigenvalue weighted by molar-refractivity contribution is 6.30. The third-order valence-electron chi connectivity index (χ3n) is 5.46. The minimum atomic E-state index is -1.12. The topological polar surface area (TPSA) is 109 Å². The van der Waals surface area contributed by atoms with Crippen molar-refractivity contribution in [1.29, 1.82) is 5.26 Å². The van der Waals surface area contributed by atoms with E-state index in [0.717, 1.165) is 11.1 Å². The van der Waals surface area contributed by atoms with E-state index in [1.807, 2.05) is 30.3 Å². The quantitative estimate of drug-likeness (QED) is 0.464. The average Bonchev–Trinajstić information content (AvgIpc) is 2.86. The summed E-state index contributed by atoms with van der Waals surface area (Å²) < 4.78 is 10.8. The van der Waals surface area contributed by atoms with Crippen molar-refractivity contribution in [2.75, 3.05) is 13.2 Å². The van der Waals surface area contributed by atoms with Crippen molar-refractivity contribution in [3.8, 4) is 11.8 Å². The number of hydrogen-bond acceptors (Lipinski definition) is 7. The molecule has 3 aromatic carbocycles. The number of rotatable bonds is 7. The summed E-state index contributed by atoms with van der Waals surface area (Å²) in [5, 5.41) is 20.0. The van der Waals surface area contributed by atoms with Gasteiger partial charge in [0, 0.05) is 17.1 Å². The van der Waals surface area contributed by atoms with Crippen LogP contribution in [0.3, 0.4) is 0 Å².